The smallest absolute Gasteiger partial charge is 0.338 e. The Balaban J connectivity index is 1.81. The first-order valence-electron chi connectivity index (χ1n) is 10.4. The summed E-state index contributed by atoms with van der Waals surface area (Å²) in [5.41, 5.74) is 1.87. The van der Waals surface area contributed by atoms with E-state index in [9.17, 15) is 18.0 Å². The number of anilines is 1. The normalized spacial score (nSPS) is 11.0. The van der Waals surface area contributed by atoms with E-state index in [-0.39, 0.29) is 32.7 Å². The monoisotopic (exact) mass is 517 g/mol. The number of hydrogen-bond donors (Lipinski definition) is 1. The standard InChI is InChI=1S/C25H24ClNO7S/c1-15-5-8-17(9-6-15)21(28)14-34-25(29)18-10-7-16(2)24(11-18)35(30,31)27-20-12-19(26)22(32-3)13-23(20)33-4/h5-13,27H,14H2,1-4H3. The van der Waals surface area contributed by atoms with Gasteiger partial charge in [-0.1, -0.05) is 47.5 Å². The van der Waals surface area contributed by atoms with Crippen molar-refractivity contribution >= 4 is 39.1 Å². The van der Waals surface area contributed by atoms with Crippen LogP contribution < -0.4 is 14.2 Å². The summed E-state index contributed by atoms with van der Waals surface area (Å²) >= 11 is 6.14. The van der Waals surface area contributed by atoms with Gasteiger partial charge in [0, 0.05) is 11.6 Å². The fraction of sp³-hybridized carbons (Fsp3) is 0.200. The maximum absolute atomic E-state index is 13.2. The van der Waals surface area contributed by atoms with E-state index in [4.69, 9.17) is 25.8 Å². The molecule has 0 atom stereocenters. The molecule has 0 aliphatic heterocycles. The van der Waals surface area contributed by atoms with Crippen LogP contribution in [0.2, 0.25) is 5.02 Å². The van der Waals surface area contributed by atoms with Crippen LogP contribution >= 0.6 is 11.6 Å². The van der Waals surface area contributed by atoms with Gasteiger partial charge >= 0.3 is 5.97 Å². The van der Waals surface area contributed by atoms with Crippen molar-refractivity contribution in [1.29, 1.82) is 0 Å². The molecule has 3 rings (SSSR count). The zero-order valence-electron chi connectivity index (χ0n) is 19.5. The van der Waals surface area contributed by atoms with Crippen molar-refractivity contribution in [3.05, 3.63) is 81.9 Å². The average Bonchev–Trinajstić information content (AvgIpc) is 2.83. The third-order valence-electron chi connectivity index (χ3n) is 5.14. The van der Waals surface area contributed by atoms with Crippen molar-refractivity contribution in [3.63, 3.8) is 0 Å². The number of sulfonamides is 1. The largest absolute Gasteiger partial charge is 0.495 e. The lowest BCUT2D eigenvalue weighted by Gasteiger charge is -2.15. The average molecular weight is 518 g/mol. The molecule has 3 aromatic carbocycles. The van der Waals surface area contributed by atoms with E-state index in [1.165, 1.54) is 44.6 Å². The van der Waals surface area contributed by atoms with Crippen molar-refractivity contribution in [2.75, 3.05) is 25.5 Å². The van der Waals surface area contributed by atoms with Crippen LogP contribution in [0.4, 0.5) is 5.69 Å². The molecule has 0 bridgehead atoms. The summed E-state index contributed by atoms with van der Waals surface area (Å²) in [5, 5.41) is 0.179. The molecule has 1 N–H and O–H groups in total. The van der Waals surface area contributed by atoms with Crippen LogP contribution in [0.15, 0.2) is 59.5 Å². The summed E-state index contributed by atoms with van der Waals surface area (Å²) in [6.45, 7) is 3.01. The summed E-state index contributed by atoms with van der Waals surface area (Å²) in [6.07, 6.45) is 0. The lowest BCUT2D eigenvalue weighted by atomic mass is 10.1. The van der Waals surface area contributed by atoms with Gasteiger partial charge in [-0.05, 0) is 37.6 Å². The van der Waals surface area contributed by atoms with Crippen LogP contribution in [0.5, 0.6) is 11.5 Å². The van der Waals surface area contributed by atoms with Crippen molar-refractivity contribution in [2.45, 2.75) is 18.7 Å². The van der Waals surface area contributed by atoms with Gasteiger partial charge in [0.2, 0.25) is 0 Å². The van der Waals surface area contributed by atoms with Crippen LogP contribution in [0.3, 0.4) is 0 Å². The number of carbonyl (C=O) groups excluding carboxylic acids is 2. The zero-order valence-corrected chi connectivity index (χ0v) is 21.1. The van der Waals surface area contributed by atoms with Gasteiger partial charge in [-0.3, -0.25) is 9.52 Å². The molecule has 0 heterocycles. The number of halogens is 1. The van der Waals surface area contributed by atoms with E-state index < -0.39 is 22.6 Å². The zero-order chi connectivity index (χ0) is 25.8. The van der Waals surface area contributed by atoms with E-state index in [1.807, 2.05) is 6.92 Å². The van der Waals surface area contributed by atoms with Crippen molar-refractivity contribution in [3.8, 4) is 11.5 Å². The lowest BCUT2D eigenvalue weighted by Crippen LogP contribution is -2.17. The molecule has 0 amide bonds. The highest BCUT2D eigenvalue weighted by molar-refractivity contribution is 7.92. The first-order chi connectivity index (χ1) is 16.6. The number of esters is 1. The van der Waals surface area contributed by atoms with Crippen LogP contribution in [-0.2, 0) is 14.8 Å². The quantitative estimate of drug-likeness (QED) is 0.320. The predicted octanol–water partition coefficient (Wildman–Crippen LogP) is 4.81. The molecule has 0 unspecified atom stereocenters. The molecule has 0 saturated carbocycles. The highest BCUT2D eigenvalue weighted by Gasteiger charge is 2.23. The number of ether oxygens (including phenoxy) is 3. The van der Waals surface area contributed by atoms with E-state index in [2.05, 4.69) is 4.72 Å². The van der Waals surface area contributed by atoms with Gasteiger partial charge in [-0.15, -0.1) is 0 Å². The predicted molar refractivity (Wildman–Crippen MR) is 132 cm³/mol. The summed E-state index contributed by atoms with van der Waals surface area (Å²) in [7, 11) is -1.35. The minimum absolute atomic E-state index is 0.0209. The molecule has 0 aliphatic carbocycles. The SMILES string of the molecule is COc1cc(OC)c(NS(=O)(=O)c2cc(C(=O)OCC(=O)c3ccc(C)cc3)ccc2C)cc1Cl. The number of rotatable bonds is 9. The van der Waals surface area contributed by atoms with Gasteiger partial charge in [-0.2, -0.15) is 0 Å². The highest BCUT2D eigenvalue weighted by atomic mass is 35.5. The Hall–Kier alpha value is -3.56. The second kappa shape index (κ2) is 10.8. The number of methoxy groups -OCH3 is 2. The maximum atomic E-state index is 13.2. The van der Waals surface area contributed by atoms with Crippen LogP contribution in [0, 0.1) is 13.8 Å². The van der Waals surface area contributed by atoms with E-state index in [0.29, 0.717) is 16.9 Å². The molecule has 0 fully saturated rings. The Kier molecular flexibility index (Phi) is 8.03. The number of aryl methyl sites for hydroxylation is 2. The Labute approximate surface area is 208 Å². The number of Topliss-reactive ketones (excluding diaryl/α,β-unsaturated/α-hetero) is 1. The van der Waals surface area contributed by atoms with Gasteiger partial charge < -0.3 is 14.2 Å². The third kappa shape index (κ3) is 6.12. The minimum Gasteiger partial charge on any atom is -0.495 e. The number of benzene rings is 3. The molecule has 35 heavy (non-hydrogen) atoms. The van der Waals surface area contributed by atoms with Gasteiger partial charge in [-0.25, -0.2) is 13.2 Å². The summed E-state index contributed by atoms with van der Waals surface area (Å²) in [4.78, 5) is 24.7. The molecule has 0 aliphatic rings. The Morgan fingerprint density at radius 3 is 2.14 bits per heavy atom. The van der Waals surface area contributed by atoms with Crippen molar-refractivity contribution < 1.29 is 32.2 Å². The Bertz CT molecular complexity index is 1370. The molecular weight excluding hydrogens is 494 g/mol. The van der Waals surface area contributed by atoms with Gasteiger partial charge in [0.15, 0.2) is 12.4 Å². The molecule has 0 radical (unpaired) electrons. The first kappa shape index (κ1) is 26.1. The van der Waals surface area contributed by atoms with E-state index in [0.717, 1.165) is 5.56 Å². The minimum atomic E-state index is -4.15. The Morgan fingerprint density at radius 1 is 0.886 bits per heavy atom. The first-order valence-corrected chi connectivity index (χ1v) is 12.2. The number of carbonyl (C=O) groups is 2. The number of nitrogens with one attached hydrogen (secondary N) is 1. The molecule has 8 nitrogen and oxygen atoms in total. The molecular formula is C25H24ClNO7S. The topological polar surface area (TPSA) is 108 Å². The molecule has 3 aromatic rings. The highest BCUT2D eigenvalue weighted by Crippen LogP contribution is 2.37. The van der Waals surface area contributed by atoms with Gasteiger partial charge in [0.1, 0.15) is 11.5 Å². The summed E-state index contributed by atoms with van der Waals surface area (Å²) in [6, 6.07) is 13.8. The Morgan fingerprint density at radius 2 is 1.51 bits per heavy atom. The number of hydrogen-bond acceptors (Lipinski definition) is 7. The molecule has 0 aromatic heterocycles. The van der Waals surface area contributed by atoms with Gasteiger partial charge in [0.25, 0.3) is 10.0 Å². The van der Waals surface area contributed by atoms with E-state index >= 15 is 0 Å². The van der Waals surface area contributed by atoms with Gasteiger partial charge in [0.05, 0.1) is 35.4 Å². The second-order valence-corrected chi connectivity index (χ2v) is 9.70. The lowest BCUT2D eigenvalue weighted by molar-refractivity contribution is 0.0474. The summed E-state index contributed by atoms with van der Waals surface area (Å²) < 4.78 is 44.2. The fourth-order valence-electron chi connectivity index (χ4n) is 3.19. The van der Waals surface area contributed by atoms with Crippen LogP contribution in [0.1, 0.15) is 31.8 Å². The third-order valence-corrected chi connectivity index (χ3v) is 6.94. The van der Waals surface area contributed by atoms with Crippen LogP contribution in [0.25, 0.3) is 0 Å². The number of ketones is 1. The second-order valence-electron chi connectivity index (χ2n) is 7.64. The molecule has 0 spiro atoms. The summed E-state index contributed by atoms with van der Waals surface area (Å²) in [5.74, 6) is -0.694. The molecule has 10 heteroatoms. The molecule has 184 valence electrons. The van der Waals surface area contributed by atoms with Crippen LogP contribution in [-0.4, -0.2) is 41.0 Å². The van der Waals surface area contributed by atoms with E-state index in [1.54, 1.807) is 31.2 Å². The fourth-order valence-corrected chi connectivity index (χ4v) is 4.77. The molecule has 0 saturated heterocycles. The van der Waals surface area contributed by atoms with Crippen molar-refractivity contribution in [2.24, 2.45) is 0 Å². The maximum Gasteiger partial charge on any atom is 0.338 e. The van der Waals surface area contributed by atoms with Crippen molar-refractivity contribution in [1.82, 2.24) is 0 Å².